The number of carboxylic acid groups (broad SMARTS) is 1. The Kier molecular flexibility index (Phi) is 5.10. The lowest BCUT2D eigenvalue weighted by atomic mass is 9.97. The van der Waals surface area contributed by atoms with Crippen LogP contribution in [-0.4, -0.2) is 39.1 Å². The number of carbonyl (C=O) groups is 1. The van der Waals surface area contributed by atoms with E-state index in [1.54, 1.807) is 4.90 Å². The number of hydrogen-bond acceptors (Lipinski definition) is 7. The SMILES string of the molecule is O=C(O)C1CCN(c2ncnc(Nc3cc(F)ccc3F)c2[N+](=O)[O-])CC1. The summed E-state index contributed by atoms with van der Waals surface area (Å²) in [5.41, 5.74) is -0.790. The van der Waals surface area contributed by atoms with Crippen LogP contribution in [0.5, 0.6) is 0 Å². The van der Waals surface area contributed by atoms with E-state index in [0.29, 0.717) is 12.8 Å². The first kappa shape index (κ1) is 18.4. The Morgan fingerprint density at radius 2 is 2.00 bits per heavy atom. The zero-order valence-electron chi connectivity index (χ0n) is 13.9. The van der Waals surface area contributed by atoms with E-state index in [2.05, 4.69) is 15.3 Å². The summed E-state index contributed by atoms with van der Waals surface area (Å²) in [6.45, 7) is 0.533. The molecule has 1 fully saturated rings. The molecule has 1 aliphatic heterocycles. The van der Waals surface area contributed by atoms with Gasteiger partial charge in [-0.25, -0.2) is 18.7 Å². The fourth-order valence-electron chi connectivity index (χ4n) is 2.92. The number of nitrogens with zero attached hydrogens (tertiary/aromatic N) is 4. The van der Waals surface area contributed by atoms with Crippen LogP contribution >= 0.6 is 0 Å². The molecule has 0 radical (unpaired) electrons. The van der Waals surface area contributed by atoms with Crippen molar-refractivity contribution in [2.24, 2.45) is 5.92 Å². The summed E-state index contributed by atoms with van der Waals surface area (Å²) in [5, 5.41) is 23.1. The van der Waals surface area contributed by atoms with Crippen LogP contribution in [0, 0.1) is 27.7 Å². The molecule has 1 aromatic heterocycles. The van der Waals surface area contributed by atoms with Gasteiger partial charge in [0.2, 0.25) is 11.6 Å². The lowest BCUT2D eigenvalue weighted by Gasteiger charge is -2.30. The van der Waals surface area contributed by atoms with E-state index in [1.807, 2.05) is 0 Å². The number of carboxylic acids is 1. The molecule has 0 aliphatic carbocycles. The summed E-state index contributed by atoms with van der Waals surface area (Å²) < 4.78 is 27.2. The Morgan fingerprint density at radius 3 is 2.63 bits per heavy atom. The zero-order chi connectivity index (χ0) is 19.6. The molecule has 0 amide bonds. The quantitative estimate of drug-likeness (QED) is 0.601. The highest BCUT2D eigenvalue weighted by atomic mass is 19.1. The summed E-state index contributed by atoms with van der Waals surface area (Å²) in [4.78, 5) is 31.3. The number of aliphatic carboxylic acids is 1. The smallest absolute Gasteiger partial charge is 0.353 e. The predicted molar refractivity (Wildman–Crippen MR) is 90.9 cm³/mol. The Hall–Kier alpha value is -3.37. The van der Waals surface area contributed by atoms with Crippen molar-refractivity contribution in [2.45, 2.75) is 12.8 Å². The average molecular weight is 379 g/mol. The van der Waals surface area contributed by atoms with E-state index in [4.69, 9.17) is 5.11 Å². The van der Waals surface area contributed by atoms with E-state index in [0.717, 1.165) is 24.5 Å². The zero-order valence-corrected chi connectivity index (χ0v) is 13.9. The van der Waals surface area contributed by atoms with Gasteiger partial charge < -0.3 is 15.3 Å². The largest absolute Gasteiger partial charge is 0.481 e. The van der Waals surface area contributed by atoms with Crippen molar-refractivity contribution in [2.75, 3.05) is 23.3 Å². The first-order chi connectivity index (χ1) is 12.9. The summed E-state index contributed by atoms with van der Waals surface area (Å²) in [6, 6.07) is 2.68. The first-order valence-corrected chi connectivity index (χ1v) is 8.06. The van der Waals surface area contributed by atoms with Crippen LogP contribution in [0.15, 0.2) is 24.5 Å². The van der Waals surface area contributed by atoms with Crippen molar-refractivity contribution in [1.82, 2.24) is 9.97 Å². The molecule has 3 rings (SSSR count). The molecule has 142 valence electrons. The summed E-state index contributed by atoms with van der Waals surface area (Å²) in [5.74, 6) is -3.22. The Labute approximate surface area is 151 Å². The number of aromatic nitrogens is 2. The van der Waals surface area contributed by atoms with Crippen LogP contribution in [0.3, 0.4) is 0 Å². The first-order valence-electron chi connectivity index (χ1n) is 8.06. The molecule has 1 saturated heterocycles. The Bertz CT molecular complexity index is 887. The monoisotopic (exact) mass is 379 g/mol. The van der Waals surface area contributed by atoms with E-state index in [1.165, 1.54) is 0 Å². The van der Waals surface area contributed by atoms with Crippen molar-refractivity contribution < 1.29 is 23.6 Å². The minimum Gasteiger partial charge on any atom is -0.481 e. The highest BCUT2D eigenvalue weighted by Crippen LogP contribution is 2.35. The lowest BCUT2D eigenvalue weighted by Crippen LogP contribution is -2.37. The van der Waals surface area contributed by atoms with Gasteiger partial charge in [0.25, 0.3) is 0 Å². The van der Waals surface area contributed by atoms with Crippen molar-refractivity contribution >= 4 is 29.0 Å². The number of hydrogen-bond donors (Lipinski definition) is 2. The topological polar surface area (TPSA) is 121 Å². The third-order valence-corrected chi connectivity index (χ3v) is 4.31. The van der Waals surface area contributed by atoms with Gasteiger partial charge in [0.15, 0.2) is 0 Å². The summed E-state index contributed by atoms with van der Waals surface area (Å²) in [7, 11) is 0. The van der Waals surface area contributed by atoms with Crippen LogP contribution in [0.4, 0.5) is 31.8 Å². The highest BCUT2D eigenvalue weighted by Gasteiger charge is 2.31. The standard InChI is InChI=1S/C16H15F2N5O4/c17-10-1-2-11(18)12(7-10)21-14-13(23(26)27)15(20-8-19-14)22-5-3-9(4-6-22)16(24)25/h1-2,7-9H,3-6H2,(H,24,25)(H,19,20,21). The third kappa shape index (κ3) is 3.91. The molecule has 1 aliphatic rings. The molecule has 11 heteroatoms. The van der Waals surface area contributed by atoms with Crippen LogP contribution in [0.1, 0.15) is 12.8 Å². The van der Waals surface area contributed by atoms with Gasteiger partial charge in [-0.15, -0.1) is 0 Å². The maximum atomic E-state index is 13.9. The molecule has 2 heterocycles. The van der Waals surface area contributed by atoms with E-state index in [-0.39, 0.29) is 30.4 Å². The molecule has 2 N–H and O–H groups in total. The van der Waals surface area contributed by atoms with Crippen LogP contribution < -0.4 is 10.2 Å². The van der Waals surface area contributed by atoms with Gasteiger partial charge >= 0.3 is 11.7 Å². The molecule has 0 atom stereocenters. The number of nitro groups is 1. The number of rotatable bonds is 5. The number of nitrogens with one attached hydrogen (secondary N) is 1. The van der Waals surface area contributed by atoms with Gasteiger partial charge in [0, 0.05) is 19.2 Å². The van der Waals surface area contributed by atoms with Crippen LogP contribution in [-0.2, 0) is 4.79 Å². The van der Waals surface area contributed by atoms with Gasteiger partial charge in [-0.1, -0.05) is 0 Å². The molecule has 2 aromatic rings. The number of benzene rings is 1. The van der Waals surface area contributed by atoms with Crippen molar-refractivity contribution in [3.8, 4) is 0 Å². The van der Waals surface area contributed by atoms with E-state index < -0.39 is 34.1 Å². The maximum Gasteiger partial charge on any atom is 0.353 e. The summed E-state index contributed by atoms with van der Waals surface area (Å²) in [6.07, 6.45) is 1.71. The Morgan fingerprint density at radius 1 is 1.30 bits per heavy atom. The van der Waals surface area contributed by atoms with Gasteiger partial charge in [0.1, 0.15) is 18.0 Å². The molecule has 0 bridgehead atoms. The molecule has 0 unspecified atom stereocenters. The number of piperidine rings is 1. The normalized spacial score (nSPS) is 14.8. The minimum atomic E-state index is -0.907. The fraction of sp³-hybridized carbons (Fsp3) is 0.312. The number of halogens is 2. The van der Waals surface area contributed by atoms with Crippen molar-refractivity contribution in [3.63, 3.8) is 0 Å². The van der Waals surface area contributed by atoms with Gasteiger partial charge in [-0.2, -0.15) is 0 Å². The Balaban J connectivity index is 1.93. The second-order valence-electron chi connectivity index (χ2n) is 6.00. The molecule has 27 heavy (non-hydrogen) atoms. The van der Waals surface area contributed by atoms with Gasteiger partial charge in [-0.05, 0) is 25.0 Å². The van der Waals surface area contributed by atoms with Crippen molar-refractivity contribution in [3.05, 3.63) is 46.3 Å². The van der Waals surface area contributed by atoms with E-state index in [9.17, 15) is 23.7 Å². The van der Waals surface area contributed by atoms with Crippen molar-refractivity contribution in [1.29, 1.82) is 0 Å². The molecule has 0 saturated carbocycles. The van der Waals surface area contributed by atoms with Crippen LogP contribution in [0.25, 0.3) is 0 Å². The lowest BCUT2D eigenvalue weighted by molar-refractivity contribution is -0.383. The van der Waals surface area contributed by atoms with Gasteiger partial charge in [0.05, 0.1) is 16.5 Å². The third-order valence-electron chi connectivity index (χ3n) is 4.31. The molecular formula is C16H15F2N5O4. The minimum absolute atomic E-state index is 0.00171. The fourth-order valence-corrected chi connectivity index (χ4v) is 2.92. The predicted octanol–water partition coefficient (Wildman–Crippen LogP) is 2.71. The van der Waals surface area contributed by atoms with Gasteiger partial charge in [-0.3, -0.25) is 14.9 Å². The molecule has 0 spiro atoms. The number of anilines is 3. The summed E-state index contributed by atoms with van der Waals surface area (Å²) >= 11 is 0. The van der Waals surface area contributed by atoms with Crippen LogP contribution in [0.2, 0.25) is 0 Å². The second kappa shape index (κ2) is 7.48. The molecule has 9 nitrogen and oxygen atoms in total. The molecule has 1 aromatic carbocycles. The second-order valence-corrected chi connectivity index (χ2v) is 6.00. The van der Waals surface area contributed by atoms with E-state index >= 15 is 0 Å². The molecular weight excluding hydrogens is 364 g/mol. The average Bonchev–Trinajstić information content (AvgIpc) is 2.64. The maximum absolute atomic E-state index is 13.9. The highest BCUT2D eigenvalue weighted by molar-refractivity contribution is 5.75.